The van der Waals surface area contributed by atoms with E-state index in [4.69, 9.17) is 10.5 Å². The summed E-state index contributed by atoms with van der Waals surface area (Å²) < 4.78 is 5.83. The Morgan fingerprint density at radius 2 is 2.11 bits per heavy atom. The molecule has 0 radical (unpaired) electrons. The molecule has 0 aliphatic carbocycles. The maximum absolute atomic E-state index is 12.1. The number of carbonyl (C=O) groups is 2. The molecular formula is C19H18N4O4. The summed E-state index contributed by atoms with van der Waals surface area (Å²) in [6.45, 7) is 0.396. The van der Waals surface area contributed by atoms with Crippen molar-refractivity contribution in [2.45, 2.75) is 25.3 Å². The highest BCUT2D eigenvalue weighted by molar-refractivity contribution is 6.10. The first-order chi connectivity index (χ1) is 13.0. The Morgan fingerprint density at radius 1 is 1.26 bits per heavy atom. The lowest BCUT2D eigenvalue weighted by Crippen LogP contribution is -2.26. The number of nitrogens with two attached hydrogens (primary N) is 1. The van der Waals surface area contributed by atoms with E-state index in [-0.39, 0.29) is 23.1 Å². The minimum absolute atomic E-state index is 0.0685. The van der Waals surface area contributed by atoms with Gasteiger partial charge in [-0.3, -0.25) is 14.4 Å². The molecule has 4 rings (SSSR count). The first kappa shape index (κ1) is 17.0. The summed E-state index contributed by atoms with van der Waals surface area (Å²) in [5.74, 6) is -0.146. The summed E-state index contributed by atoms with van der Waals surface area (Å²) in [6, 6.07) is 5.30. The lowest BCUT2D eigenvalue weighted by atomic mass is 10.0. The molecule has 4 N–H and O–H groups in total. The molecule has 0 saturated carbocycles. The fourth-order valence-electron chi connectivity index (χ4n) is 3.41. The number of carbonyl (C=O) groups excluding carboxylic acids is 2. The monoisotopic (exact) mass is 366 g/mol. The third kappa shape index (κ3) is 3.21. The average molecular weight is 366 g/mol. The van der Waals surface area contributed by atoms with Crippen molar-refractivity contribution in [2.75, 3.05) is 6.61 Å². The molecule has 3 aromatic rings. The largest absolute Gasteiger partial charge is 0.477 e. The van der Waals surface area contributed by atoms with E-state index in [1.54, 1.807) is 24.4 Å². The molecule has 0 unspecified atom stereocenters. The van der Waals surface area contributed by atoms with E-state index in [2.05, 4.69) is 15.3 Å². The average Bonchev–Trinajstić information content (AvgIpc) is 3.06. The predicted molar refractivity (Wildman–Crippen MR) is 99.7 cm³/mol. The van der Waals surface area contributed by atoms with E-state index in [9.17, 15) is 14.4 Å². The van der Waals surface area contributed by atoms with Gasteiger partial charge in [-0.15, -0.1) is 0 Å². The molecule has 1 aliphatic heterocycles. The van der Waals surface area contributed by atoms with Gasteiger partial charge in [-0.2, -0.15) is 0 Å². The summed E-state index contributed by atoms with van der Waals surface area (Å²) in [6.07, 6.45) is 4.96. The minimum Gasteiger partial charge on any atom is -0.477 e. The third-order valence-electron chi connectivity index (χ3n) is 4.80. The summed E-state index contributed by atoms with van der Waals surface area (Å²) in [5, 5.41) is 5.20. The molecule has 1 saturated heterocycles. The summed E-state index contributed by atoms with van der Waals surface area (Å²) >= 11 is 0. The Hall–Kier alpha value is -3.42. The van der Waals surface area contributed by atoms with Gasteiger partial charge in [-0.1, -0.05) is 0 Å². The number of H-pyrrole nitrogens is 1. The quantitative estimate of drug-likeness (QED) is 0.585. The van der Waals surface area contributed by atoms with Crippen molar-refractivity contribution < 1.29 is 14.3 Å². The number of ether oxygens (including phenoxy) is 1. The number of benzene rings is 1. The van der Waals surface area contributed by atoms with E-state index < -0.39 is 5.91 Å². The molecule has 0 spiro atoms. The Balaban J connectivity index is 1.70. The summed E-state index contributed by atoms with van der Waals surface area (Å²) in [7, 11) is 0. The van der Waals surface area contributed by atoms with Crippen LogP contribution in [0.5, 0.6) is 5.88 Å². The van der Waals surface area contributed by atoms with Gasteiger partial charge in [0.25, 0.3) is 11.5 Å². The molecule has 1 aromatic carbocycles. The Kier molecular flexibility index (Phi) is 4.23. The van der Waals surface area contributed by atoms with E-state index in [1.807, 2.05) is 0 Å². The maximum atomic E-state index is 12.1. The van der Waals surface area contributed by atoms with Crippen molar-refractivity contribution in [3.05, 3.63) is 46.5 Å². The highest BCUT2D eigenvalue weighted by atomic mass is 16.5. The molecule has 1 fully saturated rings. The van der Waals surface area contributed by atoms with Crippen molar-refractivity contribution >= 4 is 33.4 Å². The van der Waals surface area contributed by atoms with Gasteiger partial charge in [-0.25, -0.2) is 4.98 Å². The number of pyridine rings is 2. The number of hydrogen-bond donors (Lipinski definition) is 3. The second kappa shape index (κ2) is 6.71. The van der Waals surface area contributed by atoms with Crippen molar-refractivity contribution in [1.82, 2.24) is 15.3 Å². The van der Waals surface area contributed by atoms with Gasteiger partial charge in [-0.05, 0) is 30.0 Å². The summed E-state index contributed by atoms with van der Waals surface area (Å²) in [5.41, 5.74) is 5.36. The lowest BCUT2D eigenvalue weighted by Gasteiger charge is -2.12. The minimum atomic E-state index is -0.626. The van der Waals surface area contributed by atoms with Crippen LogP contribution in [0.15, 0.2) is 35.4 Å². The molecule has 138 valence electrons. The van der Waals surface area contributed by atoms with Crippen LogP contribution in [-0.2, 0) is 4.79 Å². The number of aromatic nitrogens is 2. The molecular weight excluding hydrogens is 348 g/mol. The molecule has 8 nitrogen and oxygen atoms in total. The number of fused-ring (bicyclic) bond motifs is 2. The molecule has 2 aromatic heterocycles. The molecule has 8 heteroatoms. The number of nitrogens with zero attached hydrogens (tertiary/aromatic N) is 1. The van der Waals surface area contributed by atoms with E-state index in [0.717, 1.165) is 11.8 Å². The highest BCUT2D eigenvalue weighted by Gasteiger charge is 2.20. The Labute approximate surface area is 153 Å². The van der Waals surface area contributed by atoms with E-state index >= 15 is 0 Å². The number of amides is 2. The van der Waals surface area contributed by atoms with Crippen molar-refractivity contribution in [1.29, 1.82) is 0 Å². The molecule has 0 bridgehead atoms. The van der Waals surface area contributed by atoms with Gasteiger partial charge in [0.15, 0.2) is 0 Å². The topological polar surface area (TPSA) is 127 Å². The predicted octanol–water partition coefficient (Wildman–Crippen LogP) is 1.22. The van der Waals surface area contributed by atoms with Crippen LogP contribution in [0.2, 0.25) is 0 Å². The highest BCUT2D eigenvalue weighted by Crippen LogP contribution is 2.28. The van der Waals surface area contributed by atoms with Crippen LogP contribution in [-0.4, -0.2) is 34.4 Å². The van der Waals surface area contributed by atoms with Crippen LogP contribution < -0.4 is 21.3 Å². The number of nitrogens with one attached hydrogen (secondary N) is 2. The van der Waals surface area contributed by atoms with E-state index in [1.165, 1.54) is 6.20 Å². The van der Waals surface area contributed by atoms with Crippen LogP contribution in [0.25, 0.3) is 21.5 Å². The number of rotatable bonds is 5. The van der Waals surface area contributed by atoms with E-state index in [0.29, 0.717) is 41.5 Å². The number of aromatic amines is 1. The second-order valence-electron chi connectivity index (χ2n) is 6.57. The number of primary amides is 1. The smallest absolute Gasteiger partial charge is 0.255 e. The van der Waals surface area contributed by atoms with Gasteiger partial charge < -0.3 is 20.8 Å². The molecule has 27 heavy (non-hydrogen) atoms. The van der Waals surface area contributed by atoms with Gasteiger partial charge >= 0.3 is 0 Å². The second-order valence-corrected chi connectivity index (χ2v) is 6.57. The third-order valence-corrected chi connectivity index (χ3v) is 4.80. The Bertz CT molecular complexity index is 1120. The summed E-state index contributed by atoms with van der Waals surface area (Å²) in [4.78, 5) is 41.9. The van der Waals surface area contributed by atoms with Gasteiger partial charge in [0, 0.05) is 47.4 Å². The van der Waals surface area contributed by atoms with Crippen LogP contribution in [0, 0.1) is 0 Å². The van der Waals surface area contributed by atoms with Gasteiger partial charge in [0.05, 0.1) is 12.2 Å². The zero-order valence-electron chi connectivity index (χ0n) is 14.5. The molecule has 1 aliphatic rings. The van der Waals surface area contributed by atoms with Crippen molar-refractivity contribution in [3.8, 4) is 5.88 Å². The zero-order chi connectivity index (χ0) is 19.0. The fraction of sp³-hybridized carbons (Fsp3) is 0.263. The standard InChI is InChI=1S/C19H18N4O4/c20-17(25)15-9-22-18(26)14-7-10-3-5-21-19(12(10)8-13(14)15)27-6-4-11-1-2-16(24)23-11/h3,5,7-9,11H,1-2,4,6H2,(H2,20,25)(H,22,26)(H,23,24)/t11-/m0/s1. The normalized spacial score (nSPS) is 16.6. The molecule has 1 atom stereocenters. The van der Waals surface area contributed by atoms with Gasteiger partial charge in [0.2, 0.25) is 11.8 Å². The Morgan fingerprint density at radius 3 is 2.85 bits per heavy atom. The first-order valence-electron chi connectivity index (χ1n) is 8.69. The van der Waals surface area contributed by atoms with Gasteiger partial charge in [0.1, 0.15) is 0 Å². The molecule has 3 heterocycles. The van der Waals surface area contributed by atoms with Crippen molar-refractivity contribution in [3.63, 3.8) is 0 Å². The lowest BCUT2D eigenvalue weighted by molar-refractivity contribution is -0.119. The maximum Gasteiger partial charge on any atom is 0.255 e. The first-order valence-corrected chi connectivity index (χ1v) is 8.69. The van der Waals surface area contributed by atoms with Crippen LogP contribution in [0.3, 0.4) is 0 Å². The van der Waals surface area contributed by atoms with Crippen molar-refractivity contribution in [2.24, 2.45) is 5.73 Å². The van der Waals surface area contributed by atoms with Crippen LogP contribution in [0.4, 0.5) is 0 Å². The fourth-order valence-corrected chi connectivity index (χ4v) is 3.41. The zero-order valence-corrected chi connectivity index (χ0v) is 14.5. The molecule has 2 amide bonds. The SMILES string of the molecule is NC(=O)c1c[nH]c(=O)c2cc3ccnc(OCC[C@@H]4CCC(=O)N4)c3cc12. The van der Waals surface area contributed by atoms with Crippen LogP contribution in [0.1, 0.15) is 29.6 Å². The number of hydrogen-bond acceptors (Lipinski definition) is 5. The van der Waals surface area contributed by atoms with Crippen LogP contribution >= 0.6 is 0 Å².